The zero-order valence-electron chi connectivity index (χ0n) is 11.3. The Morgan fingerprint density at radius 1 is 1.37 bits per heavy atom. The molecule has 0 spiro atoms. The van der Waals surface area contributed by atoms with Gasteiger partial charge in [0.15, 0.2) is 9.84 Å². The van der Waals surface area contributed by atoms with Crippen LogP contribution in [0.5, 0.6) is 0 Å². The molecule has 0 amide bonds. The molecule has 5 nitrogen and oxygen atoms in total. The van der Waals surface area contributed by atoms with Crippen LogP contribution in [-0.2, 0) is 14.6 Å². The second-order valence-electron chi connectivity index (χ2n) is 4.63. The van der Waals surface area contributed by atoms with Gasteiger partial charge in [-0.2, -0.15) is 0 Å². The van der Waals surface area contributed by atoms with Crippen molar-refractivity contribution >= 4 is 21.5 Å². The Hall–Kier alpha value is -1.56. The highest BCUT2D eigenvalue weighted by Gasteiger charge is 2.17. The Balaban J connectivity index is 2.62. The second-order valence-corrected chi connectivity index (χ2v) is 7.30. The van der Waals surface area contributed by atoms with Crippen LogP contribution in [-0.4, -0.2) is 32.0 Å². The second kappa shape index (κ2) is 6.06. The van der Waals surface area contributed by atoms with Crippen LogP contribution in [0.2, 0.25) is 0 Å². The van der Waals surface area contributed by atoms with Crippen molar-refractivity contribution in [2.45, 2.75) is 26.0 Å². The van der Waals surface area contributed by atoms with E-state index in [1.807, 2.05) is 0 Å². The molecule has 106 valence electrons. The number of hydrogen-bond donors (Lipinski definition) is 1. The van der Waals surface area contributed by atoms with Gasteiger partial charge >= 0.3 is 5.97 Å². The van der Waals surface area contributed by atoms with Crippen molar-refractivity contribution in [1.29, 1.82) is 0 Å². The molecule has 0 saturated heterocycles. The van der Waals surface area contributed by atoms with E-state index in [-0.39, 0.29) is 12.4 Å². The average molecular weight is 285 g/mol. The van der Waals surface area contributed by atoms with Crippen LogP contribution in [0.4, 0.5) is 5.69 Å². The lowest BCUT2D eigenvalue weighted by atomic mass is 10.1. The summed E-state index contributed by atoms with van der Waals surface area (Å²) < 4.78 is 28.1. The molecular weight excluding hydrogens is 266 g/mol. The number of nitrogen functional groups attached to an aromatic ring is 1. The summed E-state index contributed by atoms with van der Waals surface area (Å²) in [5.41, 5.74) is 7.26. The van der Waals surface area contributed by atoms with E-state index in [1.54, 1.807) is 39.0 Å². The molecule has 0 radical (unpaired) electrons. The fraction of sp³-hybridized carbons (Fsp3) is 0.462. The Labute approximate surface area is 113 Å². The minimum atomic E-state index is -3.19. The number of carbonyl (C=O) groups is 1. The van der Waals surface area contributed by atoms with Crippen molar-refractivity contribution in [3.8, 4) is 0 Å². The third-order valence-corrected chi connectivity index (χ3v) is 4.96. The maximum absolute atomic E-state index is 11.8. The van der Waals surface area contributed by atoms with Crippen molar-refractivity contribution in [2.24, 2.45) is 0 Å². The minimum absolute atomic E-state index is 0.136. The highest BCUT2D eigenvalue weighted by Crippen LogP contribution is 2.13. The van der Waals surface area contributed by atoms with Crippen LogP contribution in [0.25, 0.3) is 0 Å². The van der Waals surface area contributed by atoms with E-state index in [0.717, 1.165) is 0 Å². The molecule has 6 heteroatoms. The van der Waals surface area contributed by atoms with Gasteiger partial charge in [0.1, 0.15) is 6.61 Å². The van der Waals surface area contributed by atoms with Gasteiger partial charge < -0.3 is 10.5 Å². The lowest BCUT2D eigenvalue weighted by molar-refractivity contribution is 0.0528. The molecule has 1 aromatic carbocycles. The summed E-state index contributed by atoms with van der Waals surface area (Å²) >= 11 is 0. The number of benzene rings is 1. The molecule has 0 unspecified atom stereocenters. The molecule has 1 aromatic rings. The predicted octanol–water partition coefficient (Wildman–Crippen LogP) is 1.56. The van der Waals surface area contributed by atoms with Gasteiger partial charge in [0.2, 0.25) is 0 Å². The summed E-state index contributed by atoms with van der Waals surface area (Å²) in [6.07, 6.45) is 0. The highest BCUT2D eigenvalue weighted by atomic mass is 32.2. The lowest BCUT2D eigenvalue weighted by Gasteiger charge is -2.09. The van der Waals surface area contributed by atoms with Crippen LogP contribution in [0.3, 0.4) is 0 Å². The van der Waals surface area contributed by atoms with Crippen molar-refractivity contribution in [2.75, 3.05) is 18.1 Å². The van der Waals surface area contributed by atoms with Gasteiger partial charge in [-0.15, -0.1) is 0 Å². The van der Waals surface area contributed by atoms with Gasteiger partial charge in [-0.25, -0.2) is 13.2 Å². The van der Waals surface area contributed by atoms with Crippen molar-refractivity contribution in [3.63, 3.8) is 0 Å². The minimum Gasteiger partial charge on any atom is -0.461 e. The molecule has 1 rings (SSSR count). The largest absolute Gasteiger partial charge is 0.461 e. The van der Waals surface area contributed by atoms with Crippen LogP contribution in [0, 0.1) is 6.92 Å². The standard InChI is InChI=1S/C13H19NO4S/c1-9(2)19(16,17)7-6-18-13(15)12-5-4-11(14)8-10(12)3/h4-5,8-9H,6-7,14H2,1-3H3. The zero-order chi connectivity index (χ0) is 14.6. The summed E-state index contributed by atoms with van der Waals surface area (Å²) in [7, 11) is -3.19. The summed E-state index contributed by atoms with van der Waals surface area (Å²) in [4.78, 5) is 11.8. The molecule has 0 heterocycles. The van der Waals surface area contributed by atoms with E-state index < -0.39 is 21.1 Å². The molecule has 0 bridgehead atoms. The van der Waals surface area contributed by atoms with Gasteiger partial charge in [0.05, 0.1) is 16.6 Å². The van der Waals surface area contributed by atoms with Crippen LogP contribution in [0.1, 0.15) is 29.8 Å². The number of esters is 1. The van der Waals surface area contributed by atoms with Crippen LogP contribution < -0.4 is 5.73 Å². The van der Waals surface area contributed by atoms with E-state index in [4.69, 9.17) is 10.5 Å². The van der Waals surface area contributed by atoms with Crippen molar-refractivity contribution < 1.29 is 17.9 Å². The summed E-state index contributed by atoms with van der Waals surface area (Å²) in [5.74, 6) is -0.693. The first-order chi connectivity index (χ1) is 8.74. The van der Waals surface area contributed by atoms with Gasteiger partial charge in [-0.1, -0.05) is 0 Å². The summed E-state index contributed by atoms with van der Waals surface area (Å²) in [6, 6.07) is 4.85. The van der Waals surface area contributed by atoms with Gasteiger partial charge in [-0.05, 0) is 44.5 Å². The number of anilines is 1. The number of carbonyl (C=O) groups excluding carboxylic acids is 1. The summed E-state index contributed by atoms with van der Waals surface area (Å²) in [5, 5.41) is -0.468. The molecule has 0 aromatic heterocycles. The Kier molecular flexibility index (Phi) is 4.94. The monoisotopic (exact) mass is 285 g/mol. The molecule has 0 fully saturated rings. The van der Waals surface area contributed by atoms with E-state index in [0.29, 0.717) is 16.8 Å². The third-order valence-electron chi connectivity index (χ3n) is 2.79. The van der Waals surface area contributed by atoms with Crippen molar-refractivity contribution in [1.82, 2.24) is 0 Å². The third kappa shape index (κ3) is 4.24. The van der Waals surface area contributed by atoms with E-state index in [9.17, 15) is 13.2 Å². The van der Waals surface area contributed by atoms with Gasteiger partial charge in [0, 0.05) is 5.69 Å². The lowest BCUT2D eigenvalue weighted by Crippen LogP contribution is -2.22. The zero-order valence-corrected chi connectivity index (χ0v) is 12.2. The number of nitrogens with two attached hydrogens (primary N) is 1. The quantitative estimate of drug-likeness (QED) is 0.655. The fourth-order valence-corrected chi connectivity index (χ4v) is 2.27. The fourth-order valence-electron chi connectivity index (χ4n) is 1.48. The topological polar surface area (TPSA) is 86.5 Å². The molecule has 19 heavy (non-hydrogen) atoms. The summed E-state index contributed by atoms with van der Waals surface area (Å²) in [6.45, 7) is 4.81. The number of sulfone groups is 1. The first-order valence-corrected chi connectivity index (χ1v) is 7.70. The van der Waals surface area contributed by atoms with Gasteiger partial charge in [-0.3, -0.25) is 0 Å². The Bertz CT molecular complexity index is 564. The molecule has 2 N–H and O–H groups in total. The maximum Gasteiger partial charge on any atom is 0.338 e. The Morgan fingerprint density at radius 3 is 2.53 bits per heavy atom. The van der Waals surface area contributed by atoms with E-state index >= 15 is 0 Å². The van der Waals surface area contributed by atoms with E-state index in [2.05, 4.69) is 0 Å². The molecule has 0 atom stereocenters. The normalized spacial score (nSPS) is 11.6. The van der Waals surface area contributed by atoms with Crippen molar-refractivity contribution in [3.05, 3.63) is 29.3 Å². The molecule has 0 aliphatic rings. The average Bonchev–Trinajstić information content (AvgIpc) is 2.28. The molecule has 0 aliphatic carbocycles. The van der Waals surface area contributed by atoms with Crippen LogP contribution >= 0.6 is 0 Å². The molecule has 0 aliphatic heterocycles. The number of aryl methyl sites for hydroxylation is 1. The SMILES string of the molecule is Cc1cc(N)ccc1C(=O)OCCS(=O)(=O)C(C)C. The Morgan fingerprint density at radius 2 is 2.00 bits per heavy atom. The first kappa shape index (κ1) is 15.5. The smallest absolute Gasteiger partial charge is 0.338 e. The van der Waals surface area contributed by atoms with Gasteiger partial charge in [0.25, 0.3) is 0 Å². The van der Waals surface area contributed by atoms with E-state index in [1.165, 1.54) is 0 Å². The molecule has 0 saturated carbocycles. The molecular formula is C13H19NO4S. The number of rotatable bonds is 5. The highest BCUT2D eigenvalue weighted by molar-refractivity contribution is 7.91. The number of ether oxygens (including phenoxy) is 1. The maximum atomic E-state index is 11.8. The number of hydrogen-bond acceptors (Lipinski definition) is 5. The first-order valence-electron chi connectivity index (χ1n) is 5.99. The van der Waals surface area contributed by atoms with Crippen LogP contribution in [0.15, 0.2) is 18.2 Å². The predicted molar refractivity (Wildman–Crippen MR) is 74.8 cm³/mol.